The van der Waals surface area contributed by atoms with Gasteiger partial charge in [0.15, 0.2) is 0 Å². The molecule has 0 aromatic carbocycles. The van der Waals surface area contributed by atoms with Gasteiger partial charge < -0.3 is 5.73 Å². The summed E-state index contributed by atoms with van der Waals surface area (Å²) in [6, 6.07) is 0. The van der Waals surface area contributed by atoms with Crippen LogP contribution in [0, 0.1) is 6.92 Å². The van der Waals surface area contributed by atoms with E-state index in [0.717, 1.165) is 34.9 Å². The number of hydrogen-bond acceptors (Lipinski definition) is 5. The summed E-state index contributed by atoms with van der Waals surface area (Å²) < 4.78 is 0. The fourth-order valence-corrected chi connectivity index (χ4v) is 2.27. The van der Waals surface area contributed by atoms with Gasteiger partial charge in [-0.05, 0) is 19.9 Å². The first-order chi connectivity index (χ1) is 7.81. The summed E-state index contributed by atoms with van der Waals surface area (Å²) in [6.07, 6.45) is 5.31. The Morgan fingerprint density at radius 3 is 2.88 bits per heavy atom. The molecule has 0 aliphatic carbocycles. The first-order valence-corrected chi connectivity index (χ1v) is 6.11. The molecule has 4 nitrogen and oxygen atoms in total. The van der Waals surface area contributed by atoms with Crippen LogP contribution in [0.2, 0.25) is 0 Å². The van der Waals surface area contributed by atoms with E-state index in [-0.39, 0.29) is 0 Å². The summed E-state index contributed by atoms with van der Waals surface area (Å²) in [5.74, 6) is 0. The first kappa shape index (κ1) is 11.2. The largest absolute Gasteiger partial charge is 0.330 e. The molecule has 0 saturated heterocycles. The fraction of sp³-hybridized carbons (Fsp3) is 0.364. The number of aryl methyl sites for hydroxylation is 2. The van der Waals surface area contributed by atoms with Crippen molar-refractivity contribution in [3.05, 3.63) is 28.5 Å². The van der Waals surface area contributed by atoms with Crippen molar-refractivity contribution in [3.8, 4) is 11.4 Å². The van der Waals surface area contributed by atoms with E-state index in [1.165, 1.54) is 0 Å². The van der Waals surface area contributed by atoms with Crippen LogP contribution in [0.1, 0.15) is 17.1 Å². The Kier molecular flexibility index (Phi) is 3.58. The van der Waals surface area contributed by atoms with Crippen molar-refractivity contribution in [2.75, 3.05) is 6.54 Å². The highest BCUT2D eigenvalue weighted by molar-refractivity contribution is 7.09. The van der Waals surface area contributed by atoms with Crippen LogP contribution in [0.5, 0.6) is 0 Å². The molecular weight excluding hydrogens is 220 g/mol. The third-order valence-corrected chi connectivity index (χ3v) is 3.18. The van der Waals surface area contributed by atoms with Crippen molar-refractivity contribution < 1.29 is 0 Å². The van der Waals surface area contributed by atoms with Crippen molar-refractivity contribution >= 4 is 11.3 Å². The Morgan fingerprint density at radius 1 is 1.31 bits per heavy atom. The number of nitrogens with two attached hydrogens (primary N) is 1. The average Bonchev–Trinajstić information content (AvgIpc) is 2.75. The van der Waals surface area contributed by atoms with Gasteiger partial charge in [0.2, 0.25) is 0 Å². The van der Waals surface area contributed by atoms with E-state index in [2.05, 4.69) is 15.0 Å². The highest BCUT2D eigenvalue weighted by atomic mass is 32.1. The van der Waals surface area contributed by atoms with Crippen molar-refractivity contribution in [3.63, 3.8) is 0 Å². The van der Waals surface area contributed by atoms with Crippen molar-refractivity contribution in [2.24, 2.45) is 5.73 Å². The van der Waals surface area contributed by atoms with Crippen molar-refractivity contribution in [1.29, 1.82) is 0 Å². The lowest BCUT2D eigenvalue weighted by molar-refractivity contribution is 0.826. The fourth-order valence-electron chi connectivity index (χ4n) is 1.45. The topological polar surface area (TPSA) is 64.7 Å². The monoisotopic (exact) mass is 234 g/mol. The zero-order valence-corrected chi connectivity index (χ0v) is 10.00. The molecule has 0 saturated carbocycles. The quantitative estimate of drug-likeness (QED) is 0.876. The van der Waals surface area contributed by atoms with E-state index in [9.17, 15) is 0 Å². The van der Waals surface area contributed by atoms with Crippen molar-refractivity contribution in [1.82, 2.24) is 15.0 Å². The number of aromatic nitrogens is 3. The smallest absolute Gasteiger partial charge is 0.111 e. The molecule has 16 heavy (non-hydrogen) atoms. The Morgan fingerprint density at radius 2 is 2.12 bits per heavy atom. The first-order valence-electron chi connectivity index (χ1n) is 5.23. The maximum absolute atomic E-state index is 5.47. The molecule has 2 aromatic heterocycles. The highest BCUT2D eigenvalue weighted by Gasteiger charge is 2.08. The maximum atomic E-state index is 5.47. The minimum absolute atomic E-state index is 0.707. The summed E-state index contributed by atoms with van der Waals surface area (Å²) in [4.78, 5) is 13.0. The SMILES string of the molecule is Cc1nccnc1-c1csc(CCCN)n1. The molecule has 5 heteroatoms. The number of rotatable bonds is 4. The van der Waals surface area contributed by atoms with Gasteiger partial charge in [-0.25, -0.2) is 4.98 Å². The lowest BCUT2D eigenvalue weighted by atomic mass is 10.2. The second kappa shape index (κ2) is 5.14. The van der Waals surface area contributed by atoms with Crippen LogP contribution in [0.25, 0.3) is 11.4 Å². The van der Waals surface area contributed by atoms with Gasteiger partial charge in [0.1, 0.15) is 11.4 Å². The Balaban J connectivity index is 2.22. The number of nitrogens with zero attached hydrogens (tertiary/aromatic N) is 3. The Bertz CT molecular complexity index is 467. The molecule has 0 atom stereocenters. The standard InChI is InChI=1S/C11H14N4S/c1-8-11(14-6-5-13-8)9-7-16-10(15-9)3-2-4-12/h5-7H,2-4,12H2,1H3. The summed E-state index contributed by atoms with van der Waals surface area (Å²) in [5.41, 5.74) is 8.18. The molecule has 2 rings (SSSR count). The zero-order chi connectivity index (χ0) is 11.4. The second-order valence-corrected chi connectivity index (χ2v) is 4.45. The van der Waals surface area contributed by atoms with Crippen LogP contribution < -0.4 is 5.73 Å². The van der Waals surface area contributed by atoms with Gasteiger partial charge in [-0.1, -0.05) is 0 Å². The minimum atomic E-state index is 0.707. The molecule has 0 spiro atoms. The molecule has 0 amide bonds. The molecule has 2 N–H and O–H groups in total. The predicted octanol–water partition coefficient (Wildman–Crippen LogP) is 1.80. The van der Waals surface area contributed by atoms with Gasteiger partial charge in [-0.15, -0.1) is 11.3 Å². The van der Waals surface area contributed by atoms with Gasteiger partial charge in [0.25, 0.3) is 0 Å². The molecule has 2 aromatic rings. The lowest BCUT2D eigenvalue weighted by Gasteiger charge is -1.98. The summed E-state index contributed by atoms with van der Waals surface area (Å²) in [5, 5.41) is 3.15. The van der Waals surface area contributed by atoms with Crippen LogP contribution in [0.3, 0.4) is 0 Å². The summed E-state index contributed by atoms with van der Waals surface area (Å²) in [6.45, 7) is 2.65. The zero-order valence-electron chi connectivity index (χ0n) is 9.18. The summed E-state index contributed by atoms with van der Waals surface area (Å²) in [7, 11) is 0. The van der Waals surface area contributed by atoms with Crippen LogP contribution in [-0.2, 0) is 6.42 Å². The van der Waals surface area contributed by atoms with Gasteiger partial charge in [0, 0.05) is 24.2 Å². The molecule has 0 radical (unpaired) electrons. The molecule has 0 unspecified atom stereocenters. The summed E-state index contributed by atoms with van der Waals surface area (Å²) >= 11 is 1.66. The van der Waals surface area contributed by atoms with E-state index in [4.69, 9.17) is 5.73 Å². The Labute approximate surface area is 98.6 Å². The van der Waals surface area contributed by atoms with Gasteiger partial charge in [-0.2, -0.15) is 0 Å². The van der Waals surface area contributed by atoms with Crippen LogP contribution in [-0.4, -0.2) is 21.5 Å². The van der Waals surface area contributed by atoms with E-state index in [1.54, 1.807) is 23.7 Å². The third-order valence-electron chi connectivity index (χ3n) is 2.27. The number of hydrogen-bond donors (Lipinski definition) is 1. The van der Waals surface area contributed by atoms with E-state index < -0.39 is 0 Å². The molecule has 0 fully saturated rings. The molecular formula is C11H14N4S. The maximum Gasteiger partial charge on any atom is 0.111 e. The minimum Gasteiger partial charge on any atom is -0.330 e. The lowest BCUT2D eigenvalue weighted by Crippen LogP contribution is -2.00. The van der Waals surface area contributed by atoms with Gasteiger partial charge >= 0.3 is 0 Å². The van der Waals surface area contributed by atoms with Gasteiger partial charge in [-0.3, -0.25) is 9.97 Å². The Hall–Kier alpha value is -1.33. The van der Waals surface area contributed by atoms with Crippen LogP contribution in [0.15, 0.2) is 17.8 Å². The van der Waals surface area contributed by atoms with E-state index in [1.807, 2.05) is 12.3 Å². The highest BCUT2D eigenvalue weighted by Crippen LogP contribution is 2.22. The molecule has 0 aliphatic heterocycles. The second-order valence-electron chi connectivity index (χ2n) is 3.51. The van der Waals surface area contributed by atoms with Crippen molar-refractivity contribution in [2.45, 2.75) is 19.8 Å². The van der Waals surface area contributed by atoms with E-state index in [0.29, 0.717) is 6.54 Å². The predicted molar refractivity (Wildman–Crippen MR) is 65.3 cm³/mol. The van der Waals surface area contributed by atoms with Gasteiger partial charge in [0.05, 0.1) is 10.7 Å². The average molecular weight is 234 g/mol. The normalized spacial score (nSPS) is 10.6. The molecule has 0 bridgehead atoms. The molecule has 0 aliphatic rings. The van der Waals surface area contributed by atoms with Crippen LogP contribution >= 0.6 is 11.3 Å². The van der Waals surface area contributed by atoms with Crippen LogP contribution in [0.4, 0.5) is 0 Å². The molecule has 2 heterocycles. The molecule has 84 valence electrons. The van der Waals surface area contributed by atoms with E-state index >= 15 is 0 Å². The third kappa shape index (κ3) is 2.43. The number of thiazole rings is 1.